The Morgan fingerprint density at radius 2 is 2.33 bits per heavy atom. The number of carbonyl (C=O) groups is 1. The molecule has 0 saturated carbocycles. The number of hydrogen-bond donors (Lipinski definition) is 2. The Morgan fingerprint density at radius 1 is 1.58 bits per heavy atom. The van der Waals surface area contributed by atoms with Gasteiger partial charge in [-0.1, -0.05) is 6.07 Å². The van der Waals surface area contributed by atoms with E-state index in [9.17, 15) is 4.79 Å². The molecule has 0 aliphatic rings. The number of amides is 2. The van der Waals surface area contributed by atoms with Crippen LogP contribution < -0.4 is 11.1 Å². The Kier molecular flexibility index (Phi) is 4.79. The molecule has 2 amide bonds. The summed E-state index contributed by atoms with van der Waals surface area (Å²) in [5, 5.41) is 2.44. The Balaban J connectivity index is 0.00000121. The van der Waals surface area contributed by atoms with Crippen LogP contribution >= 0.6 is 12.4 Å². The number of carbonyl (C=O) groups excluding carboxylic acids is 1. The highest BCUT2D eigenvalue weighted by Gasteiger charge is 1.92. The van der Waals surface area contributed by atoms with Crippen LogP contribution in [0, 0.1) is 0 Å². The molecule has 12 heavy (non-hydrogen) atoms. The van der Waals surface area contributed by atoms with Gasteiger partial charge in [-0.05, 0) is 12.1 Å². The smallest absolute Gasteiger partial charge is 0.312 e. The van der Waals surface area contributed by atoms with Gasteiger partial charge in [0.1, 0.15) is 0 Å². The first-order valence-corrected chi connectivity index (χ1v) is 3.22. The molecule has 0 aromatic carbocycles. The first-order valence-electron chi connectivity index (χ1n) is 3.22. The Bertz CT molecular complexity index is 240. The zero-order chi connectivity index (χ0) is 8.10. The molecule has 1 rings (SSSR count). The lowest BCUT2D eigenvalue weighted by atomic mass is 10.3. The van der Waals surface area contributed by atoms with E-state index < -0.39 is 6.03 Å². The van der Waals surface area contributed by atoms with E-state index in [4.69, 9.17) is 5.73 Å². The molecule has 0 saturated heterocycles. The molecule has 1 aromatic rings. The van der Waals surface area contributed by atoms with Gasteiger partial charge in [0, 0.05) is 6.20 Å². The second-order valence-electron chi connectivity index (χ2n) is 2.04. The zero-order valence-electron chi connectivity index (χ0n) is 6.36. The third kappa shape index (κ3) is 3.78. The van der Waals surface area contributed by atoms with Gasteiger partial charge in [0.15, 0.2) is 0 Å². The van der Waals surface area contributed by atoms with E-state index in [2.05, 4.69) is 10.3 Å². The molecule has 0 fully saturated rings. The van der Waals surface area contributed by atoms with Crippen LogP contribution in [0.25, 0.3) is 0 Å². The standard InChI is InChI=1S/C7H9N3O.ClH/c8-7(11)10-5-6-3-1-2-4-9-6;/h1-4H,5H2,(H3,8,10,11);1H. The monoisotopic (exact) mass is 187 g/mol. The predicted octanol–water partition coefficient (Wildman–Crippen LogP) is 0.672. The molecular weight excluding hydrogens is 178 g/mol. The number of aromatic nitrogens is 1. The van der Waals surface area contributed by atoms with Gasteiger partial charge >= 0.3 is 6.03 Å². The Morgan fingerprint density at radius 3 is 2.83 bits per heavy atom. The van der Waals surface area contributed by atoms with Crippen molar-refractivity contribution in [3.63, 3.8) is 0 Å². The molecule has 0 radical (unpaired) electrons. The van der Waals surface area contributed by atoms with Crippen molar-refractivity contribution in [2.75, 3.05) is 0 Å². The lowest BCUT2D eigenvalue weighted by molar-refractivity contribution is 0.248. The molecule has 0 aliphatic carbocycles. The molecule has 0 aliphatic heterocycles. The average molecular weight is 188 g/mol. The fourth-order valence-electron chi connectivity index (χ4n) is 0.680. The fraction of sp³-hybridized carbons (Fsp3) is 0.143. The first-order chi connectivity index (χ1) is 5.29. The first kappa shape index (κ1) is 10.7. The number of nitrogens with zero attached hydrogens (tertiary/aromatic N) is 1. The summed E-state index contributed by atoms with van der Waals surface area (Å²) in [5.74, 6) is 0. The molecule has 0 unspecified atom stereocenters. The van der Waals surface area contributed by atoms with E-state index in [0.717, 1.165) is 5.69 Å². The second-order valence-corrected chi connectivity index (χ2v) is 2.04. The summed E-state index contributed by atoms with van der Waals surface area (Å²) in [4.78, 5) is 14.2. The van der Waals surface area contributed by atoms with E-state index in [1.54, 1.807) is 6.20 Å². The Labute approximate surface area is 76.6 Å². The van der Waals surface area contributed by atoms with Gasteiger partial charge in [0.25, 0.3) is 0 Å². The second kappa shape index (κ2) is 5.37. The van der Waals surface area contributed by atoms with Crippen molar-refractivity contribution in [1.82, 2.24) is 10.3 Å². The van der Waals surface area contributed by atoms with Crippen LogP contribution in [0.15, 0.2) is 24.4 Å². The third-order valence-corrected chi connectivity index (χ3v) is 1.17. The molecule has 0 spiro atoms. The Hall–Kier alpha value is -1.29. The normalized spacial score (nSPS) is 8.33. The maximum absolute atomic E-state index is 10.3. The number of nitrogens with one attached hydrogen (secondary N) is 1. The van der Waals surface area contributed by atoms with Crippen LogP contribution in [0.3, 0.4) is 0 Å². The minimum Gasteiger partial charge on any atom is -0.352 e. The number of primary amides is 1. The minimum atomic E-state index is -0.532. The number of halogens is 1. The number of nitrogens with two attached hydrogens (primary N) is 1. The zero-order valence-corrected chi connectivity index (χ0v) is 7.17. The largest absolute Gasteiger partial charge is 0.352 e. The van der Waals surface area contributed by atoms with Gasteiger partial charge in [-0.15, -0.1) is 12.4 Å². The maximum atomic E-state index is 10.3. The molecule has 66 valence electrons. The number of rotatable bonds is 2. The van der Waals surface area contributed by atoms with Gasteiger partial charge in [0.05, 0.1) is 12.2 Å². The van der Waals surface area contributed by atoms with Gasteiger partial charge in [-0.25, -0.2) is 4.79 Å². The molecule has 5 heteroatoms. The van der Waals surface area contributed by atoms with Crippen molar-refractivity contribution >= 4 is 18.4 Å². The van der Waals surface area contributed by atoms with Crippen molar-refractivity contribution in [2.24, 2.45) is 5.73 Å². The molecule has 1 heterocycles. The summed E-state index contributed by atoms with van der Waals surface area (Å²) in [6.07, 6.45) is 1.66. The molecule has 3 N–H and O–H groups in total. The van der Waals surface area contributed by atoms with Crippen molar-refractivity contribution in [3.05, 3.63) is 30.1 Å². The third-order valence-electron chi connectivity index (χ3n) is 1.17. The van der Waals surface area contributed by atoms with Crippen LogP contribution in [0.1, 0.15) is 5.69 Å². The van der Waals surface area contributed by atoms with E-state index in [1.807, 2.05) is 18.2 Å². The summed E-state index contributed by atoms with van der Waals surface area (Å²) in [5.41, 5.74) is 5.66. The summed E-state index contributed by atoms with van der Waals surface area (Å²) in [6.45, 7) is 0.385. The van der Waals surface area contributed by atoms with Crippen LogP contribution in [0.5, 0.6) is 0 Å². The lowest BCUT2D eigenvalue weighted by Gasteiger charge is -1.98. The maximum Gasteiger partial charge on any atom is 0.312 e. The molecular formula is C7H10ClN3O. The van der Waals surface area contributed by atoms with Gasteiger partial charge in [-0.3, -0.25) is 4.98 Å². The summed E-state index contributed by atoms with van der Waals surface area (Å²) < 4.78 is 0. The van der Waals surface area contributed by atoms with Crippen LogP contribution in [0.4, 0.5) is 4.79 Å². The average Bonchev–Trinajstić information content (AvgIpc) is 2.03. The molecule has 0 bridgehead atoms. The van der Waals surface area contributed by atoms with Gasteiger partial charge in [0.2, 0.25) is 0 Å². The predicted molar refractivity (Wildman–Crippen MR) is 47.9 cm³/mol. The summed E-state index contributed by atoms with van der Waals surface area (Å²) >= 11 is 0. The van der Waals surface area contributed by atoms with E-state index >= 15 is 0 Å². The summed E-state index contributed by atoms with van der Waals surface area (Å²) in [7, 11) is 0. The van der Waals surface area contributed by atoms with Gasteiger partial charge in [-0.2, -0.15) is 0 Å². The highest BCUT2D eigenvalue weighted by Crippen LogP contribution is 1.90. The lowest BCUT2D eigenvalue weighted by Crippen LogP contribution is -2.28. The molecule has 4 nitrogen and oxygen atoms in total. The van der Waals surface area contributed by atoms with Crippen LogP contribution in [0.2, 0.25) is 0 Å². The minimum absolute atomic E-state index is 0. The van der Waals surface area contributed by atoms with Crippen LogP contribution in [-0.2, 0) is 6.54 Å². The summed E-state index contributed by atoms with van der Waals surface area (Å²) in [6, 6.07) is 4.95. The highest BCUT2D eigenvalue weighted by molar-refractivity contribution is 5.85. The van der Waals surface area contributed by atoms with Gasteiger partial charge < -0.3 is 11.1 Å². The number of pyridine rings is 1. The number of hydrogen-bond acceptors (Lipinski definition) is 2. The molecule has 1 aromatic heterocycles. The van der Waals surface area contributed by atoms with E-state index in [1.165, 1.54) is 0 Å². The van der Waals surface area contributed by atoms with E-state index in [0.29, 0.717) is 6.54 Å². The fourth-order valence-corrected chi connectivity index (χ4v) is 0.680. The van der Waals surface area contributed by atoms with Crippen molar-refractivity contribution in [1.29, 1.82) is 0 Å². The van der Waals surface area contributed by atoms with Crippen LogP contribution in [-0.4, -0.2) is 11.0 Å². The van der Waals surface area contributed by atoms with E-state index in [-0.39, 0.29) is 12.4 Å². The topological polar surface area (TPSA) is 68.0 Å². The van der Waals surface area contributed by atoms with Crippen molar-refractivity contribution < 1.29 is 4.79 Å². The molecule has 0 atom stereocenters. The van der Waals surface area contributed by atoms with Crippen molar-refractivity contribution in [3.8, 4) is 0 Å². The highest BCUT2D eigenvalue weighted by atomic mass is 35.5. The SMILES string of the molecule is Cl.NC(=O)NCc1ccccn1. The van der Waals surface area contributed by atoms with Crippen molar-refractivity contribution in [2.45, 2.75) is 6.54 Å². The quantitative estimate of drug-likeness (QED) is 0.715. The number of urea groups is 1.